The highest BCUT2D eigenvalue weighted by molar-refractivity contribution is 6.39. The number of hydrogen-bond donors (Lipinski definition) is 2. The zero-order chi connectivity index (χ0) is 23.9. The summed E-state index contributed by atoms with van der Waals surface area (Å²) in [5.41, 5.74) is 5.18. The van der Waals surface area contributed by atoms with E-state index in [0.29, 0.717) is 17.0 Å². The largest absolute Gasteiger partial charge is 0.488 e. The number of aryl methyl sites for hydroxylation is 1. The normalized spacial score (nSPS) is 10.9. The number of carbonyl (C=O) groups excluding carboxylic acids is 2. The van der Waals surface area contributed by atoms with Crippen molar-refractivity contribution in [2.24, 2.45) is 5.10 Å². The maximum absolute atomic E-state index is 13.2. The minimum absolute atomic E-state index is 0.227. The van der Waals surface area contributed by atoms with Gasteiger partial charge in [-0.25, -0.2) is 9.82 Å². The molecule has 4 aromatic rings. The minimum atomic E-state index is -0.897. The summed E-state index contributed by atoms with van der Waals surface area (Å²) in [6.07, 6.45) is 1.44. The lowest BCUT2D eigenvalue weighted by atomic mass is 10.0. The summed E-state index contributed by atoms with van der Waals surface area (Å²) in [5.74, 6) is -1.50. The van der Waals surface area contributed by atoms with Crippen LogP contribution in [0.15, 0.2) is 90.0 Å². The molecule has 0 aliphatic carbocycles. The minimum Gasteiger partial charge on any atom is -0.488 e. The smallest absolute Gasteiger partial charge is 0.329 e. The van der Waals surface area contributed by atoms with Gasteiger partial charge in [0, 0.05) is 11.3 Å². The lowest BCUT2D eigenvalue weighted by molar-refractivity contribution is -0.136. The lowest BCUT2D eigenvalue weighted by Gasteiger charge is -2.12. The molecule has 0 saturated heterocycles. The number of benzene rings is 4. The third-order valence-corrected chi connectivity index (χ3v) is 5.08. The van der Waals surface area contributed by atoms with E-state index in [1.807, 2.05) is 43.3 Å². The van der Waals surface area contributed by atoms with E-state index in [2.05, 4.69) is 15.8 Å². The van der Waals surface area contributed by atoms with Crippen LogP contribution in [0.5, 0.6) is 5.75 Å². The number of fused-ring (bicyclic) bond motifs is 1. The summed E-state index contributed by atoms with van der Waals surface area (Å²) in [5, 5.41) is 8.34. The molecular weight excluding hydrogens is 433 g/mol. The summed E-state index contributed by atoms with van der Waals surface area (Å²) in [6.45, 7) is 2.12. The molecule has 2 N–H and O–H groups in total. The van der Waals surface area contributed by atoms with Gasteiger partial charge in [0.25, 0.3) is 0 Å². The van der Waals surface area contributed by atoms with Gasteiger partial charge in [-0.15, -0.1) is 0 Å². The molecule has 0 aromatic heterocycles. The van der Waals surface area contributed by atoms with Crippen LogP contribution >= 0.6 is 0 Å². The molecule has 0 bridgehead atoms. The van der Waals surface area contributed by atoms with Gasteiger partial charge < -0.3 is 10.1 Å². The molecule has 0 unspecified atom stereocenters. The molecule has 0 saturated carbocycles. The molecule has 0 aliphatic heterocycles. The Morgan fingerprint density at radius 3 is 2.53 bits per heavy atom. The molecule has 34 heavy (non-hydrogen) atoms. The SMILES string of the molecule is Cc1cccc(NC(=O)C(=O)NN=Cc2c(OCc3ccc(F)cc3)ccc3ccccc23)c1. The van der Waals surface area contributed by atoms with E-state index < -0.39 is 11.8 Å². The molecular formula is C27H22FN3O3. The van der Waals surface area contributed by atoms with Crippen LogP contribution in [0, 0.1) is 12.7 Å². The third kappa shape index (κ3) is 5.63. The Kier molecular flexibility index (Phi) is 6.93. The fraction of sp³-hybridized carbons (Fsp3) is 0.0741. The average molecular weight is 455 g/mol. The van der Waals surface area contributed by atoms with Crippen LogP contribution in [0.4, 0.5) is 10.1 Å². The number of anilines is 1. The molecule has 6 nitrogen and oxygen atoms in total. The monoisotopic (exact) mass is 455 g/mol. The molecule has 4 aromatic carbocycles. The van der Waals surface area contributed by atoms with Gasteiger partial charge in [0.1, 0.15) is 18.2 Å². The van der Waals surface area contributed by atoms with Crippen LogP contribution in [0.1, 0.15) is 16.7 Å². The molecule has 7 heteroatoms. The molecule has 0 spiro atoms. The zero-order valence-electron chi connectivity index (χ0n) is 18.4. The Hall–Kier alpha value is -4.52. The average Bonchev–Trinajstić information content (AvgIpc) is 2.84. The van der Waals surface area contributed by atoms with Gasteiger partial charge in [0.05, 0.1) is 6.21 Å². The molecule has 0 fully saturated rings. The number of hydrazone groups is 1. The van der Waals surface area contributed by atoms with Crippen LogP contribution in [0.25, 0.3) is 10.8 Å². The number of nitrogens with one attached hydrogen (secondary N) is 2. The Bertz CT molecular complexity index is 1370. The zero-order valence-corrected chi connectivity index (χ0v) is 18.4. The van der Waals surface area contributed by atoms with Crippen LogP contribution in [-0.4, -0.2) is 18.0 Å². The number of hydrogen-bond acceptors (Lipinski definition) is 4. The van der Waals surface area contributed by atoms with Gasteiger partial charge in [-0.05, 0) is 59.2 Å². The van der Waals surface area contributed by atoms with Gasteiger partial charge in [-0.2, -0.15) is 5.10 Å². The van der Waals surface area contributed by atoms with Crippen molar-refractivity contribution in [1.29, 1.82) is 0 Å². The topological polar surface area (TPSA) is 79.8 Å². The molecule has 170 valence electrons. The first-order valence-corrected chi connectivity index (χ1v) is 10.6. The molecule has 0 aliphatic rings. The van der Waals surface area contributed by atoms with E-state index in [9.17, 15) is 14.0 Å². The van der Waals surface area contributed by atoms with Crippen LogP contribution in [0.2, 0.25) is 0 Å². The summed E-state index contributed by atoms with van der Waals surface area (Å²) in [6, 6.07) is 24.6. The van der Waals surface area contributed by atoms with Gasteiger partial charge in [-0.1, -0.05) is 54.6 Å². The van der Waals surface area contributed by atoms with Crippen molar-refractivity contribution in [1.82, 2.24) is 5.43 Å². The Morgan fingerprint density at radius 2 is 1.74 bits per heavy atom. The van der Waals surface area contributed by atoms with Crippen molar-refractivity contribution in [2.45, 2.75) is 13.5 Å². The summed E-state index contributed by atoms with van der Waals surface area (Å²) >= 11 is 0. The van der Waals surface area contributed by atoms with Gasteiger partial charge in [0.2, 0.25) is 0 Å². The van der Waals surface area contributed by atoms with Gasteiger partial charge >= 0.3 is 11.8 Å². The van der Waals surface area contributed by atoms with E-state index in [1.165, 1.54) is 18.3 Å². The van der Waals surface area contributed by atoms with E-state index >= 15 is 0 Å². The molecule has 4 rings (SSSR count). The van der Waals surface area contributed by atoms with Crippen molar-refractivity contribution in [3.8, 4) is 5.75 Å². The fourth-order valence-electron chi connectivity index (χ4n) is 3.39. The van der Waals surface area contributed by atoms with Crippen molar-refractivity contribution in [3.63, 3.8) is 0 Å². The summed E-state index contributed by atoms with van der Waals surface area (Å²) in [4.78, 5) is 24.4. The molecule has 0 radical (unpaired) electrons. The van der Waals surface area contributed by atoms with Crippen LogP contribution in [-0.2, 0) is 16.2 Å². The summed E-state index contributed by atoms with van der Waals surface area (Å²) in [7, 11) is 0. The molecule has 2 amide bonds. The van der Waals surface area contributed by atoms with E-state index in [0.717, 1.165) is 21.9 Å². The molecule has 0 heterocycles. The Balaban J connectivity index is 1.50. The Labute approximate surface area is 196 Å². The quantitative estimate of drug-likeness (QED) is 0.245. The number of amides is 2. The van der Waals surface area contributed by atoms with Crippen LogP contribution in [0.3, 0.4) is 0 Å². The maximum Gasteiger partial charge on any atom is 0.329 e. The van der Waals surface area contributed by atoms with E-state index in [-0.39, 0.29) is 12.4 Å². The number of halogens is 1. The van der Waals surface area contributed by atoms with Crippen molar-refractivity contribution < 1.29 is 18.7 Å². The van der Waals surface area contributed by atoms with Crippen molar-refractivity contribution in [3.05, 3.63) is 107 Å². The highest BCUT2D eigenvalue weighted by atomic mass is 19.1. The van der Waals surface area contributed by atoms with Crippen LogP contribution < -0.4 is 15.5 Å². The second-order valence-electron chi connectivity index (χ2n) is 7.64. The predicted molar refractivity (Wildman–Crippen MR) is 130 cm³/mol. The van der Waals surface area contributed by atoms with E-state index in [1.54, 1.807) is 36.4 Å². The van der Waals surface area contributed by atoms with Crippen molar-refractivity contribution in [2.75, 3.05) is 5.32 Å². The molecule has 0 atom stereocenters. The van der Waals surface area contributed by atoms with Gasteiger partial charge in [-0.3, -0.25) is 9.59 Å². The first kappa shape index (κ1) is 22.7. The number of ether oxygens (including phenoxy) is 1. The third-order valence-electron chi connectivity index (χ3n) is 5.08. The fourth-order valence-corrected chi connectivity index (χ4v) is 3.39. The second kappa shape index (κ2) is 10.4. The summed E-state index contributed by atoms with van der Waals surface area (Å²) < 4.78 is 19.1. The number of rotatable bonds is 6. The van der Waals surface area contributed by atoms with Crippen molar-refractivity contribution >= 4 is 34.5 Å². The van der Waals surface area contributed by atoms with E-state index in [4.69, 9.17) is 4.74 Å². The lowest BCUT2D eigenvalue weighted by Crippen LogP contribution is -2.32. The maximum atomic E-state index is 13.2. The first-order valence-electron chi connectivity index (χ1n) is 10.6. The standard InChI is InChI=1S/C27H22FN3O3/c1-18-5-4-7-22(15-18)30-26(32)27(33)31-29-16-24-23-8-3-2-6-20(23)11-14-25(24)34-17-19-9-12-21(28)13-10-19/h2-16H,17H2,1H3,(H,30,32)(H,31,33). The predicted octanol–water partition coefficient (Wildman–Crippen LogP) is 4.96. The first-order chi connectivity index (χ1) is 16.5. The highest BCUT2D eigenvalue weighted by Gasteiger charge is 2.13. The second-order valence-corrected chi connectivity index (χ2v) is 7.64. The van der Waals surface area contributed by atoms with Gasteiger partial charge in [0.15, 0.2) is 0 Å². The number of nitrogens with zero attached hydrogens (tertiary/aromatic N) is 1. The highest BCUT2D eigenvalue weighted by Crippen LogP contribution is 2.27. The Morgan fingerprint density at radius 1 is 0.941 bits per heavy atom. The number of carbonyl (C=O) groups is 2.